The lowest BCUT2D eigenvalue weighted by atomic mass is 10.1. The van der Waals surface area contributed by atoms with Gasteiger partial charge in [-0.1, -0.05) is 5.16 Å². The largest absolute Gasteiger partial charge is 0.372 e. The van der Waals surface area contributed by atoms with Gasteiger partial charge in [0.1, 0.15) is 17.1 Å². The van der Waals surface area contributed by atoms with Crippen LogP contribution >= 0.6 is 0 Å². The summed E-state index contributed by atoms with van der Waals surface area (Å²) in [4.78, 5) is 23.4. The molecule has 0 unspecified atom stereocenters. The number of nitrogens with zero attached hydrogens (tertiary/aromatic N) is 4. The molecular formula is C15H19N5O2. The molecular weight excluding hydrogens is 282 g/mol. The molecule has 0 spiro atoms. The van der Waals surface area contributed by atoms with Gasteiger partial charge in [0, 0.05) is 13.6 Å². The van der Waals surface area contributed by atoms with E-state index in [1.54, 1.807) is 33.3 Å². The SMILES string of the molecule is CNc1cncc([C@H]2CCCN2C(=O)c2c(C)noc2C)n1. The molecule has 1 amide bonds. The minimum atomic E-state index is -0.0537. The van der Waals surface area contributed by atoms with Crippen LogP contribution in [0.1, 0.15) is 46.4 Å². The Hall–Kier alpha value is -2.44. The topological polar surface area (TPSA) is 84.2 Å². The van der Waals surface area contributed by atoms with Gasteiger partial charge >= 0.3 is 0 Å². The summed E-state index contributed by atoms with van der Waals surface area (Å²) in [6.45, 7) is 4.26. The van der Waals surface area contributed by atoms with Gasteiger partial charge in [-0.3, -0.25) is 9.78 Å². The first kappa shape index (κ1) is 14.5. The molecule has 1 aliphatic rings. The summed E-state index contributed by atoms with van der Waals surface area (Å²) in [6, 6.07) is -0.0537. The van der Waals surface area contributed by atoms with Crippen molar-refractivity contribution in [2.75, 3.05) is 18.9 Å². The van der Waals surface area contributed by atoms with Gasteiger partial charge < -0.3 is 14.7 Å². The van der Waals surface area contributed by atoms with Crippen molar-refractivity contribution in [3.05, 3.63) is 35.1 Å². The van der Waals surface area contributed by atoms with Crippen LogP contribution in [0.4, 0.5) is 5.82 Å². The maximum Gasteiger partial charge on any atom is 0.259 e. The number of rotatable bonds is 3. The molecule has 0 saturated carbocycles. The highest BCUT2D eigenvalue weighted by atomic mass is 16.5. The van der Waals surface area contributed by atoms with E-state index in [1.165, 1.54) is 0 Å². The zero-order valence-electron chi connectivity index (χ0n) is 13.0. The number of nitrogens with one attached hydrogen (secondary N) is 1. The van der Waals surface area contributed by atoms with Crippen LogP contribution in [0.15, 0.2) is 16.9 Å². The van der Waals surface area contributed by atoms with Crippen molar-refractivity contribution < 1.29 is 9.32 Å². The van der Waals surface area contributed by atoms with Crippen molar-refractivity contribution in [3.63, 3.8) is 0 Å². The maximum atomic E-state index is 12.9. The Balaban J connectivity index is 1.91. The van der Waals surface area contributed by atoms with Crippen LogP contribution in [-0.2, 0) is 0 Å². The molecule has 7 heteroatoms. The van der Waals surface area contributed by atoms with E-state index in [-0.39, 0.29) is 11.9 Å². The van der Waals surface area contributed by atoms with Gasteiger partial charge in [-0.05, 0) is 26.7 Å². The number of aromatic nitrogens is 3. The molecule has 1 saturated heterocycles. The van der Waals surface area contributed by atoms with Crippen LogP contribution in [0.25, 0.3) is 0 Å². The predicted molar refractivity (Wildman–Crippen MR) is 80.6 cm³/mol. The Morgan fingerprint density at radius 1 is 1.41 bits per heavy atom. The van der Waals surface area contributed by atoms with E-state index in [1.807, 2.05) is 4.90 Å². The van der Waals surface area contributed by atoms with E-state index in [0.29, 0.717) is 29.4 Å². The first-order chi connectivity index (χ1) is 10.6. The van der Waals surface area contributed by atoms with Gasteiger partial charge in [-0.2, -0.15) is 0 Å². The van der Waals surface area contributed by atoms with Crippen molar-refractivity contribution in [1.82, 2.24) is 20.0 Å². The summed E-state index contributed by atoms with van der Waals surface area (Å²) in [5.41, 5.74) is 2.00. The molecule has 0 aromatic carbocycles. The third-order valence-corrected chi connectivity index (χ3v) is 4.01. The van der Waals surface area contributed by atoms with Crippen LogP contribution in [0.3, 0.4) is 0 Å². The average molecular weight is 301 g/mol. The fourth-order valence-corrected chi connectivity index (χ4v) is 2.91. The molecule has 1 atom stereocenters. The average Bonchev–Trinajstić information content (AvgIpc) is 3.14. The summed E-state index contributed by atoms with van der Waals surface area (Å²) in [5.74, 6) is 1.22. The molecule has 1 aliphatic heterocycles. The Morgan fingerprint density at radius 3 is 2.91 bits per heavy atom. The second kappa shape index (κ2) is 5.75. The van der Waals surface area contributed by atoms with Crippen LogP contribution in [-0.4, -0.2) is 39.5 Å². The van der Waals surface area contributed by atoms with Crippen molar-refractivity contribution in [2.24, 2.45) is 0 Å². The molecule has 116 valence electrons. The molecule has 0 aliphatic carbocycles. The normalized spacial score (nSPS) is 17.8. The number of hydrogen-bond donors (Lipinski definition) is 1. The third-order valence-electron chi connectivity index (χ3n) is 4.01. The third kappa shape index (κ3) is 2.43. The minimum Gasteiger partial charge on any atom is -0.372 e. The van der Waals surface area contributed by atoms with E-state index in [9.17, 15) is 4.79 Å². The molecule has 3 rings (SSSR count). The summed E-state index contributed by atoms with van der Waals surface area (Å²) in [7, 11) is 1.80. The first-order valence-corrected chi connectivity index (χ1v) is 7.35. The van der Waals surface area contributed by atoms with Gasteiger partial charge in [-0.15, -0.1) is 0 Å². The van der Waals surface area contributed by atoms with Crippen molar-refractivity contribution in [1.29, 1.82) is 0 Å². The molecule has 0 bridgehead atoms. The number of aryl methyl sites for hydroxylation is 2. The van der Waals surface area contributed by atoms with E-state index in [2.05, 4.69) is 20.4 Å². The molecule has 1 N–H and O–H groups in total. The van der Waals surface area contributed by atoms with Gasteiger partial charge in [0.25, 0.3) is 5.91 Å². The van der Waals surface area contributed by atoms with Crippen LogP contribution in [0, 0.1) is 13.8 Å². The second-order valence-corrected chi connectivity index (χ2v) is 5.43. The smallest absolute Gasteiger partial charge is 0.259 e. The van der Waals surface area contributed by atoms with Crippen molar-refractivity contribution in [3.8, 4) is 0 Å². The van der Waals surface area contributed by atoms with Crippen molar-refractivity contribution >= 4 is 11.7 Å². The Kier molecular flexibility index (Phi) is 3.79. The molecule has 2 aromatic rings. The lowest BCUT2D eigenvalue weighted by Crippen LogP contribution is -2.31. The molecule has 2 aromatic heterocycles. The highest BCUT2D eigenvalue weighted by Crippen LogP contribution is 2.33. The zero-order valence-corrected chi connectivity index (χ0v) is 13.0. The number of likely N-dealkylation sites (tertiary alicyclic amines) is 1. The highest BCUT2D eigenvalue weighted by Gasteiger charge is 2.34. The van der Waals surface area contributed by atoms with Gasteiger partial charge in [0.05, 0.1) is 29.8 Å². The second-order valence-electron chi connectivity index (χ2n) is 5.43. The standard InChI is InChI=1S/C15H19N5O2/c1-9-14(10(2)22-19-9)15(21)20-6-4-5-12(20)11-7-17-8-13(16-3)18-11/h7-8,12H,4-6H2,1-3H3,(H,16,18)/t12-/m1/s1. The fourth-order valence-electron chi connectivity index (χ4n) is 2.91. The van der Waals surface area contributed by atoms with Gasteiger partial charge in [0.2, 0.25) is 0 Å². The Bertz CT molecular complexity index is 677. The maximum absolute atomic E-state index is 12.9. The number of hydrogen-bond acceptors (Lipinski definition) is 6. The summed E-state index contributed by atoms with van der Waals surface area (Å²) >= 11 is 0. The molecule has 3 heterocycles. The molecule has 7 nitrogen and oxygen atoms in total. The van der Waals surface area contributed by atoms with E-state index in [0.717, 1.165) is 18.5 Å². The van der Waals surface area contributed by atoms with Gasteiger partial charge in [0.15, 0.2) is 0 Å². The fraction of sp³-hybridized carbons (Fsp3) is 0.467. The van der Waals surface area contributed by atoms with E-state index < -0.39 is 0 Å². The number of carbonyl (C=O) groups excluding carboxylic acids is 1. The van der Waals surface area contributed by atoms with Gasteiger partial charge in [-0.25, -0.2) is 4.98 Å². The first-order valence-electron chi connectivity index (χ1n) is 7.35. The Morgan fingerprint density at radius 2 is 2.23 bits per heavy atom. The van der Waals surface area contributed by atoms with E-state index in [4.69, 9.17) is 4.52 Å². The Labute approximate surface area is 128 Å². The molecule has 0 radical (unpaired) electrons. The zero-order chi connectivity index (χ0) is 15.7. The predicted octanol–water partition coefficient (Wildman–Crippen LogP) is 2.10. The number of anilines is 1. The molecule has 22 heavy (non-hydrogen) atoms. The van der Waals surface area contributed by atoms with Crippen molar-refractivity contribution in [2.45, 2.75) is 32.7 Å². The lowest BCUT2D eigenvalue weighted by molar-refractivity contribution is 0.0730. The summed E-state index contributed by atoms with van der Waals surface area (Å²) < 4.78 is 5.12. The summed E-state index contributed by atoms with van der Waals surface area (Å²) in [5, 5.41) is 6.85. The lowest BCUT2D eigenvalue weighted by Gasteiger charge is -2.24. The summed E-state index contributed by atoms with van der Waals surface area (Å²) in [6.07, 6.45) is 5.23. The monoisotopic (exact) mass is 301 g/mol. The highest BCUT2D eigenvalue weighted by molar-refractivity contribution is 5.96. The van der Waals surface area contributed by atoms with E-state index >= 15 is 0 Å². The number of carbonyl (C=O) groups is 1. The number of amides is 1. The van der Waals surface area contributed by atoms with Crippen LogP contribution < -0.4 is 5.32 Å². The van der Waals surface area contributed by atoms with Crippen LogP contribution in [0.5, 0.6) is 0 Å². The quantitative estimate of drug-likeness (QED) is 0.934. The van der Waals surface area contributed by atoms with Crippen LogP contribution in [0.2, 0.25) is 0 Å². The molecule has 1 fully saturated rings. The minimum absolute atomic E-state index is 0.0459.